The maximum Gasteiger partial charge on any atom is 0.225 e. The number of nitrogens with one attached hydrogen (secondary N) is 2. The van der Waals surface area contributed by atoms with Crippen molar-refractivity contribution in [3.63, 3.8) is 0 Å². The Hall–Kier alpha value is -1.26. The average molecular weight is 269 g/mol. The molecule has 0 spiro atoms. The van der Waals surface area contributed by atoms with Crippen LogP contribution in [0.4, 0.5) is 5.69 Å². The third-order valence-corrected chi connectivity index (χ3v) is 3.14. The third-order valence-electron chi connectivity index (χ3n) is 2.81. The highest BCUT2D eigenvalue weighted by atomic mass is 35.5. The van der Waals surface area contributed by atoms with Gasteiger partial charge in [-0.15, -0.1) is 0 Å². The molecule has 4 nitrogen and oxygen atoms in total. The summed E-state index contributed by atoms with van der Waals surface area (Å²) in [6.07, 6.45) is 2.90. The molecule has 0 bridgehead atoms. The lowest BCUT2D eigenvalue weighted by Gasteiger charge is -2.09. The fourth-order valence-electron chi connectivity index (χ4n) is 1.62. The Morgan fingerprint density at radius 1 is 1.50 bits per heavy atom. The van der Waals surface area contributed by atoms with E-state index >= 15 is 0 Å². The van der Waals surface area contributed by atoms with E-state index in [4.69, 9.17) is 16.3 Å². The van der Waals surface area contributed by atoms with Crippen molar-refractivity contribution >= 4 is 23.2 Å². The van der Waals surface area contributed by atoms with Gasteiger partial charge in [0.25, 0.3) is 0 Å². The van der Waals surface area contributed by atoms with E-state index in [-0.39, 0.29) is 5.91 Å². The number of halogens is 1. The van der Waals surface area contributed by atoms with Crippen molar-refractivity contribution in [1.29, 1.82) is 0 Å². The first kappa shape index (κ1) is 13.2. The van der Waals surface area contributed by atoms with Gasteiger partial charge in [-0.1, -0.05) is 11.6 Å². The first-order chi connectivity index (χ1) is 8.69. The van der Waals surface area contributed by atoms with Crippen LogP contribution in [0.2, 0.25) is 5.02 Å². The Bertz CT molecular complexity index is 433. The molecule has 18 heavy (non-hydrogen) atoms. The lowest BCUT2D eigenvalue weighted by Crippen LogP contribution is -2.23. The number of carbonyl (C=O) groups excluding carboxylic acids is 1. The molecule has 0 heterocycles. The van der Waals surface area contributed by atoms with Crippen LogP contribution in [0.3, 0.4) is 0 Å². The molecule has 1 aliphatic rings. The molecule has 0 atom stereocenters. The molecule has 1 saturated carbocycles. The smallest absolute Gasteiger partial charge is 0.225 e. The number of anilines is 1. The van der Waals surface area contributed by atoms with E-state index in [1.165, 1.54) is 12.8 Å². The van der Waals surface area contributed by atoms with Gasteiger partial charge in [0, 0.05) is 25.1 Å². The van der Waals surface area contributed by atoms with Crippen LogP contribution in [-0.2, 0) is 4.79 Å². The Morgan fingerprint density at radius 3 is 2.94 bits per heavy atom. The second-order valence-corrected chi connectivity index (χ2v) is 4.78. The van der Waals surface area contributed by atoms with E-state index in [9.17, 15) is 4.79 Å². The summed E-state index contributed by atoms with van der Waals surface area (Å²) in [6.45, 7) is 0.706. The Kier molecular flexibility index (Phi) is 4.44. The number of hydrogen-bond acceptors (Lipinski definition) is 3. The predicted molar refractivity (Wildman–Crippen MR) is 72.3 cm³/mol. The van der Waals surface area contributed by atoms with Gasteiger partial charge in [-0.3, -0.25) is 4.79 Å². The van der Waals surface area contributed by atoms with Crippen molar-refractivity contribution < 1.29 is 9.53 Å². The second kappa shape index (κ2) is 6.07. The lowest BCUT2D eigenvalue weighted by molar-refractivity contribution is -0.116. The lowest BCUT2D eigenvalue weighted by atomic mass is 10.3. The fraction of sp³-hybridized carbons (Fsp3) is 0.462. The number of hydrogen-bond donors (Lipinski definition) is 2. The van der Waals surface area contributed by atoms with Gasteiger partial charge in [0.2, 0.25) is 5.91 Å². The topological polar surface area (TPSA) is 50.4 Å². The van der Waals surface area contributed by atoms with Gasteiger partial charge in [-0.05, 0) is 25.0 Å². The van der Waals surface area contributed by atoms with Gasteiger partial charge in [-0.2, -0.15) is 0 Å². The molecular formula is C13H17ClN2O2. The molecule has 0 unspecified atom stereocenters. The zero-order chi connectivity index (χ0) is 13.0. The van der Waals surface area contributed by atoms with Crippen molar-refractivity contribution in [1.82, 2.24) is 5.32 Å². The summed E-state index contributed by atoms with van der Waals surface area (Å²) in [7, 11) is 1.58. The van der Waals surface area contributed by atoms with E-state index in [0.29, 0.717) is 35.5 Å². The number of rotatable bonds is 6. The maximum atomic E-state index is 11.7. The van der Waals surface area contributed by atoms with Gasteiger partial charge in [0.1, 0.15) is 5.75 Å². The van der Waals surface area contributed by atoms with Gasteiger partial charge in [0.15, 0.2) is 0 Å². The van der Waals surface area contributed by atoms with Crippen LogP contribution in [0.1, 0.15) is 19.3 Å². The minimum atomic E-state index is -0.0432. The summed E-state index contributed by atoms with van der Waals surface area (Å²) in [5.41, 5.74) is 0.590. The highest BCUT2D eigenvalue weighted by Gasteiger charge is 2.20. The minimum Gasteiger partial charge on any atom is -0.497 e. The zero-order valence-electron chi connectivity index (χ0n) is 10.3. The molecule has 1 aromatic carbocycles. The van der Waals surface area contributed by atoms with Gasteiger partial charge in [-0.25, -0.2) is 0 Å². The Balaban J connectivity index is 1.84. The minimum absolute atomic E-state index is 0.0432. The van der Waals surface area contributed by atoms with Crippen LogP contribution in [0.15, 0.2) is 18.2 Å². The Morgan fingerprint density at radius 2 is 2.28 bits per heavy atom. The average Bonchev–Trinajstić information content (AvgIpc) is 3.16. The highest BCUT2D eigenvalue weighted by Crippen LogP contribution is 2.26. The maximum absolute atomic E-state index is 11.7. The molecule has 2 N–H and O–H groups in total. The van der Waals surface area contributed by atoms with Crippen molar-refractivity contribution in [3.05, 3.63) is 23.2 Å². The third kappa shape index (κ3) is 3.89. The predicted octanol–water partition coefficient (Wildman–Crippen LogP) is 2.43. The number of benzene rings is 1. The molecule has 1 amide bonds. The van der Waals surface area contributed by atoms with Gasteiger partial charge in [0.05, 0.1) is 17.8 Å². The highest BCUT2D eigenvalue weighted by molar-refractivity contribution is 6.33. The van der Waals surface area contributed by atoms with Crippen LogP contribution < -0.4 is 15.4 Å². The van der Waals surface area contributed by atoms with Crippen LogP contribution >= 0.6 is 11.6 Å². The first-order valence-electron chi connectivity index (χ1n) is 6.06. The van der Waals surface area contributed by atoms with Crippen molar-refractivity contribution in [2.45, 2.75) is 25.3 Å². The van der Waals surface area contributed by atoms with E-state index < -0.39 is 0 Å². The van der Waals surface area contributed by atoms with Gasteiger partial charge >= 0.3 is 0 Å². The number of ether oxygens (including phenoxy) is 1. The zero-order valence-corrected chi connectivity index (χ0v) is 11.1. The normalized spacial score (nSPS) is 14.3. The molecule has 0 aliphatic heterocycles. The summed E-state index contributed by atoms with van der Waals surface area (Å²) in [6, 6.07) is 5.80. The number of methoxy groups -OCH3 is 1. The molecule has 5 heteroatoms. The van der Waals surface area contributed by atoms with E-state index in [1.807, 2.05) is 0 Å². The molecule has 1 aliphatic carbocycles. The van der Waals surface area contributed by atoms with E-state index in [1.54, 1.807) is 25.3 Å². The van der Waals surface area contributed by atoms with Crippen molar-refractivity contribution in [2.75, 3.05) is 19.0 Å². The second-order valence-electron chi connectivity index (χ2n) is 4.37. The van der Waals surface area contributed by atoms with Crippen LogP contribution in [0.25, 0.3) is 0 Å². The Labute approximate surface area is 112 Å². The first-order valence-corrected chi connectivity index (χ1v) is 6.43. The monoisotopic (exact) mass is 268 g/mol. The SMILES string of the molecule is COc1ccc(Cl)c(NC(=O)CCNC2CC2)c1. The molecule has 2 rings (SSSR count). The number of carbonyl (C=O) groups is 1. The van der Waals surface area contributed by atoms with E-state index in [0.717, 1.165) is 0 Å². The summed E-state index contributed by atoms with van der Waals surface area (Å²) in [4.78, 5) is 11.7. The van der Waals surface area contributed by atoms with Crippen LogP contribution in [0, 0.1) is 0 Å². The molecule has 1 fully saturated rings. The summed E-state index contributed by atoms with van der Waals surface area (Å²) < 4.78 is 5.09. The van der Waals surface area contributed by atoms with Crippen molar-refractivity contribution in [2.24, 2.45) is 0 Å². The fourth-order valence-corrected chi connectivity index (χ4v) is 1.78. The van der Waals surface area contributed by atoms with Crippen LogP contribution in [-0.4, -0.2) is 25.6 Å². The molecule has 1 aromatic rings. The summed E-state index contributed by atoms with van der Waals surface area (Å²) >= 11 is 6.01. The van der Waals surface area contributed by atoms with Crippen LogP contribution in [0.5, 0.6) is 5.75 Å². The van der Waals surface area contributed by atoms with E-state index in [2.05, 4.69) is 10.6 Å². The molecule has 0 radical (unpaired) electrons. The molecule has 98 valence electrons. The standard InChI is InChI=1S/C13H17ClN2O2/c1-18-10-4-5-11(14)12(8-10)16-13(17)6-7-15-9-2-3-9/h4-5,8-9,15H,2-3,6-7H2,1H3,(H,16,17). The van der Waals surface area contributed by atoms with Gasteiger partial charge < -0.3 is 15.4 Å². The quantitative estimate of drug-likeness (QED) is 0.833. The molecule has 0 saturated heterocycles. The summed E-state index contributed by atoms with van der Waals surface area (Å²) in [5.74, 6) is 0.629. The van der Waals surface area contributed by atoms with Crippen molar-refractivity contribution in [3.8, 4) is 5.75 Å². The molecule has 0 aromatic heterocycles. The largest absolute Gasteiger partial charge is 0.497 e. The summed E-state index contributed by atoms with van der Waals surface area (Å²) in [5, 5.41) is 6.59. The molecular weight excluding hydrogens is 252 g/mol. The number of amides is 1.